The van der Waals surface area contributed by atoms with Crippen LogP contribution in [-0.2, 0) is 6.54 Å². The Morgan fingerprint density at radius 3 is 2.20 bits per heavy atom. The molecule has 3 heteroatoms. The van der Waals surface area contributed by atoms with Crippen LogP contribution in [0.25, 0.3) is 0 Å². The highest BCUT2D eigenvalue weighted by molar-refractivity contribution is 5.43. The summed E-state index contributed by atoms with van der Waals surface area (Å²) in [5.41, 5.74) is 9.94. The quantitative estimate of drug-likeness (QED) is 0.409. The first-order valence-electron chi connectivity index (χ1n) is 3.12. The van der Waals surface area contributed by atoms with Crippen LogP contribution in [0.15, 0.2) is 24.3 Å². The standard InChI is InChI=1S/C7H11N3/c8-5-6-1-3-7(10-9)4-2-6/h1-4,10H,5,8-9H2. The van der Waals surface area contributed by atoms with Crippen molar-refractivity contribution in [3.05, 3.63) is 29.8 Å². The molecule has 0 aromatic heterocycles. The Kier molecular flexibility index (Phi) is 2.25. The van der Waals surface area contributed by atoms with Crippen LogP contribution in [0.2, 0.25) is 0 Å². The topological polar surface area (TPSA) is 64.1 Å². The molecule has 1 aromatic carbocycles. The number of nitrogens with one attached hydrogen (secondary N) is 1. The second kappa shape index (κ2) is 3.20. The molecule has 0 saturated carbocycles. The molecule has 1 rings (SSSR count). The fourth-order valence-electron chi connectivity index (χ4n) is 0.737. The lowest BCUT2D eigenvalue weighted by molar-refractivity contribution is 1.07. The van der Waals surface area contributed by atoms with Crippen LogP contribution in [-0.4, -0.2) is 0 Å². The van der Waals surface area contributed by atoms with Crippen molar-refractivity contribution < 1.29 is 0 Å². The molecule has 0 spiro atoms. The highest BCUT2D eigenvalue weighted by atomic mass is 15.2. The van der Waals surface area contributed by atoms with Crippen LogP contribution in [0.1, 0.15) is 5.56 Å². The number of hydrazine groups is 1. The molecule has 0 unspecified atom stereocenters. The molecular weight excluding hydrogens is 126 g/mol. The second-order valence-corrected chi connectivity index (χ2v) is 2.05. The Labute approximate surface area is 60.0 Å². The van der Waals surface area contributed by atoms with Gasteiger partial charge in [-0.3, -0.25) is 5.84 Å². The Bertz CT molecular complexity index is 170. The summed E-state index contributed by atoms with van der Waals surface area (Å²) in [6, 6.07) is 7.66. The van der Waals surface area contributed by atoms with Crippen LogP contribution >= 0.6 is 0 Å². The molecule has 0 heterocycles. The van der Waals surface area contributed by atoms with Crippen molar-refractivity contribution in [2.24, 2.45) is 11.6 Å². The first kappa shape index (κ1) is 7.05. The van der Waals surface area contributed by atoms with E-state index in [1.807, 2.05) is 24.3 Å². The average Bonchev–Trinajstić information content (AvgIpc) is 2.05. The van der Waals surface area contributed by atoms with E-state index >= 15 is 0 Å². The lowest BCUT2D eigenvalue weighted by Crippen LogP contribution is -2.06. The Hall–Kier alpha value is -1.06. The number of rotatable bonds is 2. The Balaban J connectivity index is 2.80. The van der Waals surface area contributed by atoms with Crippen molar-refractivity contribution in [3.8, 4) is 0 Å². The first-order chi connectivity index (χ1) is 4.86. The zero-order valence-electron chi connectivity index (χ0n) is 5.67. The second-order valence-electron chi connectivity index (χ2n) is 2.05. The van der Waals surface area contributed by atoms with Crippen LogP contribution < -0.4 is 17.0 Å². The molecule has 10 heavy (non-hydrogen) atoms. The van der Waals surface area contributed by atoms with Crippen molar-refractivity contribution in [3.63, 3.8) is 0 Å². The molecule has 1 aromatic rings. The maximum atomic E-state index is 5.39. The number of nitrogens with two attached hydrogens (primary N) is 2. The summed E-state index contributed by atoms with van der Waals surface area (Å²) in [6.45, 7) is 0.574. The predicted octanol–water partition coefficient (Wildman–Crippen LogP) is 0.431. The molecule has 0 saturated heterocycles. The molecule has 54 valence electrons. The van der Waals surface area contributed by atoms with E-state index in [0.29, 0.717) is 6.54 Å². The minimum atomic E-state index is 0.574. The van der Waals surface area contributed by atoms with E-state index < -0.39 is 0 Å². The molecule has 0 atom stereocenters. The Morgan fingerprint density at radius 2 is 1.80 bits per heavy atom. The van der Waals surface area contributed by atoms with Gasteiger partial charge in [0, 0.05) is 12.2 Å². The summed E-state index contributed by atoms with van der Waals surface area (Å²) in [7, 11) is 0. The maximum Gasteiger partial charge on any atom is 0.0485 e. The SMILES string of the molecule is NCc1ccc(NN)cc1. The van der Waals surface area contributed by atoms with Crippen LogP contribution in [0.5, 0.6) is 0 Å². The zero-order chi connectivity index (χ0) is 7.40. The molecule has 0 fully saturated rings. The fourth-order valence-corrected chi connectivity index (χ4v) is 0.737. The summed E-state index contributed by atoms with van der Waals surface area (Å²) < 4.78 is 0. The monoisotopic (exact) mass is 137 g/mol. The Morgan fingerprint density at radius 1 is 1.20 bits per heavy atom. The highest BCUT2D eigenvalue weighted by Crippen LogP contribution is 2.06. The third-order valence-corrected chi connectivity index (χ3v) is 1.36. The fraction of sp³-hybridized carbons (Fsp3) is 0.143. The van der Waals surface area contributed by atoms with E-state index in [4.69, 9.17) is 11.6 Å². The molecule has 0 aliphatic carbocycles. The smallest absolute Gasteiger partial charge is 0.0485 e. The van der Waals surface area contributed by atoms with E-state index in [0.717, 1.165) is 11.3 Å². The molecule has 0 amide bonds. The van der Waals surface area contributed by atoms with E-state index in [9.17, 15) is 0 Å². The number of hydrogen-bond acceptors (Lipinski definition) is 3. The van der Waals surface area contributed by atoms with Crippen molar-refractivity contribution in [1.29, 1.82) is 0 Å². The van der Waals surface area contributed by atoms with E-state index in [2.05, 4.69) is 5.43 Å². The van der Waals surface area contributed by atoms with E-state index in [1.54, 1.807) is 0 Å². The van der Waals surface area contributed by atoms with Crippen LogP contribution in [0, 0.1) is 0 Å². The molecule has 0 aliphatic heterocycles. The van der Waals surface area contributed by atoms with Gasteiger partial charge in [0.1, 0.15) is 0 Å². The largest absolute Gasteiger partial charge is 0.326 e. The average molecular weight is 137 g/mol. The molecule has 3 nitrogen and oxygen atoms in total. The number of benzene rings is 1. The molecule has 0 aliphatic rings. The third kappa shape index (κ3) is 1.46. The summed E-state index contributed by atoms with van der Waals surface area (Å²) in [5.74, 6) is 5.16. The van der Waals surface area contributed by atoms with Crippen molar-refractivity contribution >= 4 is 5.69 Å². The molecular formula is C7H11N3. The zero-order valence-corrected chi connectivity index (χ0v) is 5.67. The summed E-state index contributed by atoms with van der Waals surface area (Å²) >= 11 is 0. The molecule has 0 bridgehead atoms. The predicted molar refractivity (Wildman–Crippen MR) is 42.1 cm³/mol. The maximum absolute atomic E-state index is 5.39. The molecule has 5 N–H and O–H groups in total. The van der Waals surface area contributed by atoms with Gasteiger partial charge in [0.15, 0.2) is 0 Å². The highest BCUT2D eigenvalue weighted by Gasteiger charge is 1.88. The third-order valence-electron chi connectivity index (χ3n) is 1.36. The first-order valence-corrected chi connectivity index (χ1v) is 3.12. The van der Waals surface area contributed by atoms with Gasteiger partial charge in [-0.1, -0.05) is 12.1 Å². The van der Waals surface area contributed by atoms with E-state index in [-0.39, 0.29) is 0 Å². The van der Waals surface area contributed by atoms with Gasteiger partial charge in [0.05, 0.1) is 0 Å². The summed E-state index contributed by atoms with van der Waals surface area (Å²) in [6.07, 6.45) is 0. The normalized spacial score (nSPS) is 9.40. The van der Waals surface area contributed by atoms with Crippen molar-refractivity contribution in [1.82, 2.24) is 0 Å². The van der Waals surface area contributed by atoms with Gasteiger partial charge in [-0.15, -0.1) is 0 Å². The van der Waals surface area contributed by atoms with Crippen LogP contribution in [0.3, 0.4) is 0 Å². The van der Waals surface area contributed by atoms with E-state index in [1.165, 1.54) is 0 Å². The van der Waals surface area contributed by atoms with Gasteiger partial charge in [-0.05, 0) is 17.7 Å². The number of hydrogen-bond donors (Lipinski definition) is 3. The number of nitrogen functional groups attached to an aromatic ring is 1. The van der Waals surface area contributed by atoms with Crippen molar-refractivity contribution in [2.75, 3.05) is 5.43 Å². The lowest BCUT2D eigenvalue weighted by Gasteiger charge is -1.99. The summed E-state index contributed by atoms with van der Waals surface area (Å²) in [5, 5.41) is 0. The van der Waals surface area contributed by atoms with Gasteiger partial charge < -0.3 is 11.2 Å². The number of anilines is 1. The van der Waals surface area contributed by atoms with Gasteiger partial charge in [0.2, 0.25) is 0 Å². The lowest BCUT2D eigenvalue weighted by atomic mass is 10.2. The molecule has 0 radical (unpaired) electrons. The van der Waals surface area contributed by atoms with Gasteiger partial charge >= 0.3 is 0 Å². The van der Waals surface area contributed by atoms with Gasteiger partial charge in [-0.2, -0.15) is 0 Å². The van der Waals surface area contributed by atoms with Gasteiger partial charge in [-0.25, -0.2) is 0 Å². The minimum absolute atomic E-state index is 0.574. The van der Waals surface area contributed by atoms with Crippen molar-refractivity contribution in [2.45, 2.75) is 6.54 Å². The minimum Gasteiger partial charge on any atom is -0.326 e. The van der Waals surface area contributed by atoms with Crippen LogP contribution in [0.4, 0.5) is 5.69 Å². The summed E-state index contributed by atoms with van der Waals surface area (Å²) in [4.78, 5) is 0. The van der Waals surface area contributed by atoms with Gasteiger partial charge in [0.25, 0.3) is 0 Å².